The van der Waals surface area contributed by atoms with Gasteiger partial charge in [0.1, 0.15) is 4.90 Å². The van der Waals surface area contributed by atoms with Crippen LogP contribution >= 0.6 is 0 Å². The third kappa shape index (κ3) is 2.76. The van der Waals surface area contributed by atoms with E-state index in [4.69, 9.17) is 9.66 Å². The summed E-state index contributed by atoms with van der Waals surface area (Å²) in [6.07, 6.45) is 1.30. The Labute approximate surface area is 135 Å². The largest absolute Gasteiger partial charge is 0.339 e. The second-order valence-electron chi connectivity index (χ2n) is 6.89. The van der Waals surface area contributed by atoms with E-state index >= 15 is 0 Å². The van der Waals surface area contributed by atoms with Gasteiger partial charge in [-0.25, -0.2) is 13.6 Å². The predicted molar refractivity (Wildman–Crippen MR) is 83.3 cm³/mol. The lowest BCUT2D eigenvalue weighted by atomic mass is 10.1. The van der Waals surface area contributed by atoms with Crippen LogP contribution in [0.4, 0.5) is 0 Å². The summed E-state index contributed by atoms with van der Waals surface area (Å²) in [4.78, 5) is 8.76. The van der Waals surface area contributed by atoms with E-state index in [2.05, 4.69) is 29.0 Å². The molecule has 3 rings (SSSR count). The number of sulfonamides is 1. The van der Waals surface area contributed by atoms with Crippen LogP contribution in [0.3, 0.4) is 0 Å². The number of aromatic nitrogens is 3. The summed E-state index contributed by atoms with van der Waals surface area (Å²) in [5, 5.41) is 9.11. The van der Waals surface area contributed by atoms with Crippen molar-refractivity contribution in [2.75, 3.05) is 0 Å². The van der Waals surface area contributed by atoms with Crippen molar-refractivity contribution in [2.45, 2.75) is 50.3 Å². The third-order valence-electron chi connectivity index (χ3n) is 4.47. The second-order valence-corrected chi connectivity index (χ2v) is 8.45. The van der Waals surface area contributed by atoms with Crippen LogP contribution in [0, 0.1) is 5.41 Å². The fraction of sp³-hybridized carbons (Fsp3) is 0.533. The molecule has 2 aromatic rings. The van der Waals surface area contributed by atoms with Crippen LogP contribution in [-0.2, 0) is 10.0 Å². The first-order valence-electron chi connectivity index (χ1n) is 7.44. The summed E-state index contributed by atoms with van der Waals surface area (Å²) in [7, 11) is -3.73. The van der Waals surface area contributed by atoms with E-state index < -0.39 is 10.0 Å². The van der Waals surface area contributed by atoms with Crippen molar-refractivity contribution in [2.24, 2.45) is 10.6 Å². The zero-order valence-corrected chi connectivity index (χ0v) is 14.3. The van der Waals surface area contributed by atoms with Crippen molar-refractivity contribution in [3.05, 3.63) is 35.7 Å². The number of rotatable bonds is 4. The van der Waals surface area contributed by atoms with E-state index in [0.717, 1.165) is 5.69 Å². The molecule has 0 amide bonds. The maximum atomic E-state index is 11.3. The highest BCUT2D eigenvalue weighted by atomic mass is 32.2. The van der Waals surface area contributed by atoms with E-state index in [1.807, 2.05) is 13.8 Å². The van der Waals surface area contributed by atoms with Gasteiger partial charge in [0.15, 0.2) is 5.82 Å². The van der Waals surface area contributed by atoms with Crippen LogP contribution < -0.4 is 5.14 Å². The molecule has 2 N–H and O–H groups in total. The van der Waals surface area contributed by atoms with Crippen molar-refractivity contribution < 1.29 is 12.9 Å². The predicted octanol–water partition coefficient (Wildman–Crippen LogP) is 2.14. The summed E-state index contributed by atoms with van der Waals surface area (Å²) < 4.78 is 28.0. The lowest BCUT2D eigenvalue weighted by molar-refractivity contribution is 0.361. The average molecular weight is 336 g/mol. The van der Waals surface area contributed by atoms with E-state index in [-0.39, 0.29) is 28.1 Å². The maximum Gasteiger partial charge on any atom is 0.239 e. The molecule has 0 spiro atoms. The molecule has 1 aliphatic carbocycles. The van der Waals surface area contributed by atoms with Gasteiger partial charge < -0.3 is 4.52 Å². The number of hydrogen-bond donors (Lipinski definition) is 1. The molecular weight excluding hydrogens is 316 g/mol. The highest BCUT2D eigenvalue weighted by Crippen LogP contribution is 2.69. The fourth-order valence-electron chi connectivity index (χ4n) is 3.00. The zero-order valence-electron chi connectivity index (χ0n) is 13.5. The Morgan fingerprint density at radius 3 is 2.43 bits per heavy atom. The second kappa shape index (κ2) is 5.10. The number of hydrogen-bond acceptors (Lipinski definition) is 6. The minimum atomic E-state index is -3.73. The summed E-state index contributed by atoms with van der Waals surface area (Å²) in [5.74, 6) is 1.70. The molecule has 7 nitrogen and oxygen atoms in total. The van der Waals surface area contributed by atoms with Crippen LogP contribution in [-0.4, -0.2) is 23.5 Å². The molecule has 2 aromatic heterocycles. The van der Waals surface area contributed by atoms with Crippen LogP contribution in [0.5, 0.6) is 0 Å². The number of nitrogens with zero attached hydrogens (tertiary/aromatic N) is 3. The number of nitrogens with two attached hydrogens (primary N) is 1. The minimum Gasteiger partial charge on any atom is -0.339 e. The van der Waals surface area contributed by atoms with Gasteiger partial charge in [0.25, 0.3) is 0 Å². The lowest BCUT2D eigenvalue weighted by Gasteiger charge is -2.03. The van der Waals surface area contributed by atoms with E-state index in [0.29, 0.717) is 11.7 Å². The standard InChI is InChI=1S/C15H20N4O3S/c1-8(2)13-18-14(22-19-13)12-11(15(12,3)4)10-6-5-9(7-17-10)23(16,20)21/h5-8,11-12H,1-4H3,(H2,16,20,21). The Bertz CT molecular complexity index is 825. The Morgan fingerprint density at radius 1 is 1.26 bits per heavy atom. The molecule has 1 fully saturated rings. The van der Waals surface area contributed by atoms with Crippen LogP contribution in [0.25, 0.3) is 0 Å². The molecule has 2 atom stereocenters. The molecule has 0 aliphatic heterocycles. The monoisotopic (exact) mass is 336 g/mol. The van der Waals surface area contributed by atoms with Crippen molar-refractivity contribution >= 4 is 10.0 Å². The summed E-state index contributed by atoms with van der Waals surface area (Å²) >= 11 is 0. The van der Waals surface area contributed by atoms with Gasteiger partial charge in [-0.3, -0.25) is 4.98 Å². The fourth-order valence-corrected chi connectivity index (χ4v) is 3.46. The smallest absolute Gasteiger partial charge is 0.239 e. The molecule has 8 heteroatoms. The van der Waals surface area contributed by atoms with Gasteiger partial charge in [0.2, 0.25) is 15.9 Å². The van der Waals surface area contributed by atoms with Gasteiger partial charge in [-0.15, -0.1) is 0 Å². The van der Waals surface area contributed by atoms with Gasteiger partial charge in [-0.05, 0) is 17.5 Å². The molecule has 124 valence electrons. The molecule has 1 aliphatic rings. The van der Waals surface area contributed by atoms with Crippen LogP contribution in [0.2, 0.25) is 0 Å². The van der Waals surface area contributed by atoms with E-state index in [9.17, 15) is 8.42 Å². The highest BCUT2D eigenvalue weighted by Gasteiger charge is 2.62. The summed E-state index contributed by atoms with van der Waals surface area (Å²) in [6, 6.07) is 3.18. The Balaban J connectivity index is 1.88. The number of pyridine rings is 1. The normalized spacial score (nSPS) is 23.2. The highest BCUT2D eigenvalue weighted by molar-refractivity contribution is 7.89. The summed E-state index contributed by atoms with van der Waals surface area (Å²) in [6.45, 7) is 8.24. The first-order chi connectivity index (χ1) is 10.6. The average Bonchev–Trinajstić information content (AvgIpc) is 2.84. The Kier molecular flexibility index (Phi) is 3.57. The Morgan fingerprint density at radius 2 is 1.96 bits per heavy atom. The SMILES string of the molecule is CC(C)c1noc(C2C(c3ccc(S(N)(=O)=O)cn3)C2(C)C)n1. The van der Waals surface area contributed by atoms with E-state index in [1.165, 1.54) is 12.3 Å². The van der Waals surface area contributed by atoms with Gasteiger partial charge in [-0.1, -0.05) is 32.9 Å². The molecule has 0 bridgehead atoms. The van der Waals surface area contributed by atoms with Crippen molar-refractivity contribution in [3.8, 4) is 0 Å². The van der Waals surface area contributed by atoms with Gasteiger partial charge in [0.05, 0.1) is 5.92 Å². The van der Waals surface area contributed by atoms with Gasteiger partial charge >= 0.3 is 0 Å². The quantitative estimate of drug-likeness (QED) is 0.915. The molecule has 0 radical (unpaired) electrons. The number of primary sulfonamides is 1. The molecular formula is C15H20N4O3S. The molecule has 2 unspecified atom stereocenters. The lowest BCUT2D eigenvalue weighted by Crippen LogP contribution is -2.12. The molecule has 23 heavy (non-hydrogen) atoms. The molecule has 0 saturated heterocycles. The van der Waals surface area contributed by atoms with E-state index in [1.54, 1.807) is 6.07 Å². The molecule has 0 aromatic carbocycles. The first-order valence-corrected chi connectivity index (χ1v) is 8.99. The van der Waals surface area contributed by atoms with Crippen LogP contribution in [0.1, 0.15) is 62.9 Å². The Hall–Kier alpha value is -1.80. The third-order valence-corrected chi connectivity index (χ3v) is 5.37. The zero-order chi connectivity index (χ0) is 17.0. The minimum absolute atomic E-state index is 0.0103. The topological polar surface area (TPSA) is 112 Å². The van der Waals surface area contributed by atoms with Crippen molar-refractivity contribution in [1.82, 2.24) is 15.1 Å². The molecule has 1 saturated carbocycles. The molecule has 2 heterocycles. The van der Waals surface area contributed by atoms with Gasteiger partial charge in [0, 0.05) is 23.7 Å². The summed E-state index contributed by atoms with van der Waals surface area (Å²) in [5.41, 5.74) is 0.730. The first kappa shape index (κ1) is 16.1. The maximum absolute atomic E-state index is 11.3. The van der Waals surface area contributed by atoms with Gasteiger partial charge in [-0.2, -0.15) is 4.98 Å². The van der Waals surface area contributed by atoms with Crippen LogP contribution in [0.15, 0.2) is 27.7 Å². The van der Waals surface area contributed by atoms with Crippen molar-refractivity contribution in [3.63, 3.8) is 0 Å². The van der Waals surface area contributed by atoms with Crippen molar-refractivity contribution in [1.29, 1.82) is 0 Å².